The van der Waals surface area contributed by atoms with E-state index < -0.39 is 6.16 Å². The molecule has 0 aliphatic carbocycles. The van der Waals surface area contributed by atoms with Crippen molar-refractivity contribution >= 4 is 29.1 Å². The summed E-state index contributed by atoms with van der Waals surface area (Å²) in [5.41, 5.74) is 2.62. The molecule has 1 aliphatic heterocycles. The number of aromatic nitrogens is 4. The first-order valence-corrected chi connectivity index (χ1v) is 14.3. The second-order valence-electron chi connectivity index (χ2n) is 11.0. The van der Waals surface area contributed by atoms with Gasteiger partial charge in [0.2, 0.25) is 11.9 Å². The zero-order valence-electron chi connectivity index (χ0n) is 24.3. The molecule has 10 nitrogen and oxygen atoms in total. The summed E-state index contributed by atoms with van der Waals surface area (Å²) in [6, 6.07) is 16.0. The van der Waals surface area contributed by atoms with Crippen LogP contribution >= 0.6 is 0 Å². The molecule has 0 spiro atoms. The maximum Gasteiger partial charge on any atom is 0.510 e. The van der Waals surface area contributed by atoms with Crippen molar-refractivity contribution in [2.24, 2.45) is 5.92 Å². The monoisotopic (exact) mass is 576 g/mol. The van der Waals surface area contributed by atoms with E-state index in [9.17, 15) is 14.0 Å². The van der Waals surface area contributed by atoms with Crippen molar-refractivity contribution in [3.8, 4) is 0 Å². The molecule has 2 aromatic heterocycles. The first-order valence-electron chi connectivity index (χ1n) is 14.3. The van der Waals surface area contributed by atoms with Gasteiger partial charge in [0.1, 0.15) is 5.82 Å². The number of imidazole rings is 1. The Hall–Kier alpha value is -4.41. The molecule has 0 atom stereocenters. The third-order valence-electron chi connectivity index (χ3n) is 7.64. The van der Waals surface area contributed by atoms with Crippen LogP contribution in [-0.2, 0) is 22.7 Å². The highest BCUT2D eigenvalue weighted by Crippen LogP contribution is 2.28. The lowest BCUT2D eigenvalue weighted by Gasteiger charge is -2.38. The number of rotatable bonds is 10. The van der Waals surface area contributed by atoms with Crippen LogP contribution < -0.4 is 15.4 Å². The van der Waals surface area contributed by atoms with Crippen LogP contribution in [0.25, 0.3) is 11.0 Å². The average molecular weight is 577 g/mol. The Bertz CT molecular complexity index is 1560. The molecule has 1 aliphatic rings. The van der Waals surface area contributed by atoms with E-state index in [1.165, 1.54) is 29.0 Å². The second kappa shape index (κ2) is 13.1. The first-order chi connectivity index (χ1) is 20.3. The van der Waals surface area contributed by atoms with Gasteiger partial charge in [-0.25, -0.2) is 23.7 Å². The molecule has 3 heterocycles. The molecular weight excluding hydrogens is 539 g/mol. The van der Waals surface area contributed by atoms with Crippen LogP contribution in [0, 0.1) is 11.7 Å². The summed E-state index contributed by atoms with van der Waals surface area (Å²) in [5.74, 6) is 1.45. The molecule has 0 unspecified atom stereocenters. The number of benzene rings is 2. The Morgan fingerprint density at radius 1 is 1.05 bits per heavy atom. The molecule has 2 aromatic carbocycles. The van der Waals surface area contributed by atoms with Crippen LogP contribution in [0.4, 0.5) is 21.1 Å². The minimum atomic E-state index is -0.808. The Morgan fingerprint density at radius 2 is 1.79 bits per heavy atom. The van der Waals surface area contributed by atoms with E-state index in [1.807, 2.05) is 44.0 Å². The van der Waals surface area contributed by atoms with Crippen LogP contribution in [-0.4, -0.2) is 58.0 Å². The van der Waals surface area contributed by atoms with Gasteiger partial charge in [-0.05, 0) is 55.0 Å². The van der Waals surface area contributed by atoms with Crippen molar-refractivity contribution < 1.29 is 18.7 Å². The van der Waals surface area contributed by atoms with E-state index in [0.717, 1.165) is 54.9 Å². The lowest BCUT2D eigenvalue weighted by molar-refractivity contribution is 0.0307. The highest BCUT2D eigenvalue weighted by Gasteiger charge is 2.28. The molecule has 4 aromatic rings. The lowest BCUT2D eigenvalue weighted by atomic mass is 10.0. The smallest absolute Gasteiger partial charge is 0.434 e. The van der Waals surface area contributed by atoms with Crippen LogP contribution in [0.1, 0.15) is 38.7 Å². The number of halogens is 1. The summed E-state index contributed by atoms with van der Waals surface area (Å²) in [7, 11) is 1.91. The zero-order valence-corrected chi connectivity index (χ0v) is 24.3. The largest absolute Gasteiger partial charge is 0.510 e. The van der Waals surface area contributed by atoms with E-state index in [1.54, 1.807) is 12.1 Å². The van der Waals surface area contributed by atoms with E-state index >= 15 is 0 Å². The maximum absolute atomic E-state index is 13.5. The Labute approximate surface area is 244 Å². The predicted molar refractivity (Wildman–Crippen MR) is 159 cm³/mol. The van der Waals surface area contributed by atoms with E-state index in [0.29, 0.717) is 18.4 Å². The van der Waals surface area contributed by atoms with Crippen molar-refractivity contribution in [2.75, 3.05) is 36.5 Å². The van der Waals surface area contributed by atoms with Gasteiger partial charge in [-0.3, -0.25) is 4.79 Å². The first kappa shape index (κ1) is 29.1. The number of hydrogen-bond acceptors (Lipinski definition) is 8. The van der Waals surface area contributed by atoms with Crippen molar-refractivity contribution in [2.45, 2.75) is 52.4 Å². The third kappa shape index (κ3) is 6.72. The fraction of sp³-hybridized carbons (Fsp3) is 0.419. The summed E-state index contributed by atoms with van der Waals surface area (Å²) < 4.78 is 27.4. The maximum atomic E-state index is 13.5. The van der Waals surface area contributed by atoms with Gasteiger partial charge in [0.05, 0.1) is 24.2 Å². The Morgan fingerprint density at radius 3 is 2.52 bits per heavy atom. The van der Waals surface area contributed by atoms with Gasteiger partial charge >= 0.3 is 6.16 Å². The van der Waals surface area contributed by atoms with Crippen molar-refractivity contribution in [1.82, 2.24) is 19.1 Å². The predicted octanol–water partition coefficient (Wildman–Crippen LogP) is 5.04. The van der Waals surface area contributed by atoms with Crippen molar-refractivity contribution in [3.63, 3.8) is 0 Å². The van der Waals surface area contributed by atoms with Gasteiger partial charge < -0.3 is 23.8 Å². The zero-order chi connectivity index (χ0) is 29.6. The SMILES string of the molecule is CC(C)CCOC(=O)OCn1c(N(C)C2CCN(c3nc4ccccc4n3Cc3ccc(F)cc3)CC2)nccc1=O. The van der Waals surface area contributed by atoms with Gasteiger partial charge in [-0.15, -0.1) is 0 Å². The average Bonchev–Trinajstić information content (AvgIpc) is 3.35. The second-order valence-corrected chi connectivity index (χ2v) is 11.0. The minimum absolute atomic E-state index is 0.106. The number of ether oxygens (including phenoxy) is 2. The highest BCUT2D eigenvalue weighted by molar-refractivity contribution is 5.79. The number of carbonyl (C=O) groups excluding carboxylic acids is 1. The number of piperidine rings is 1. The van der Waals surface area contributed by atoms with E-state index in [-0.39, 0.29) is 30.8 Å². The Kier molecular flexibility index (Phi) is 9.04. The molecule has 11 heteroatoms. The summed E-state index contributed by atoms with van der Waals surface area (Å²) in [4.78, 5) is 38.4. The van der Waals surface area contributed by atoms with Crippen LogP contribution in [0.3, 0.4) is 0 Å². The van der Waals surface area contributed by atoms with Gasteiger partial charge in [-0.1, -0.05) is 38.1 Å². The van der Waals surface area contributed by atoms with E-state index in [4.69, 9.17) is 14.5 Å². The van der Waals surface area contributed by atoms with Crippen molar-refractivity contribution in [3.05, 3.63) is 82.5 Å². The van der Waals surface area contributed by atoms with Gasteiger partial charge in [-0.2, -0.15) is 0 Å². The molecule has 0 bridgehead atoms. The number of hydrogen-bond donors (Lipinski definition) is 0. The van der Waals surface area contributed by atoms with Crippen LogP contribution in [0.2, 0.25) is 0 Å². The lowest BCUT2D eigenvalue weighted by Crippen LogP contribution is -2.46. The molecule has 0 amide bonds. The quantitative estimate of drug-likeness (QED) is 0.242. The summed E-state index contributed by atoms with van der Waals surface area (Å²) in [6.07, 6.45) is 3.00. The highest BCUT2D eigenvalue weighted by atomic mass is 19.1. The standard InChI is InChI=1S/C31H37FN6O4/c1-22(2)15-19-41-31(40)42-21-38-28(39)12-16-33-29(38)35(3)25-13-17-36(18-14-25)30-34-26-6-4-5-7-27(26)37(30)20-23-8-10-24(32)11-9-23/h4-12,16,22,25H,13-15,17-21H2,1-3H3. The number of carbonyl (C=O) groups is 1. The number of nitrogens with zero attached hydrogens (tertiary/aromatic N) is 6. The summed E-state index contributed by atoms with van der Waals surface area (Å²) in [6.45, 7) is 6.15. The van der Waals surface area contributed by atoms with E-state index in [2.05, 4.69) is 20.5 Å². The number of fused-ring (bicyclic) bond motifs is 1. The Balaban J connectivity index is 1.27. The molecule has 0 radical (unpaired) electrons. The minimum Gasteiger partial charge on any atom is -0.434 e. The van der Waals surface area contributed by atoms with Gasteiger partial charge in [0, 0.05) is 38.4 Å². The van der Waals surface area contributed by atoms with Gasteiger partial charge in [0.25, 0.3) is 5.56 Å². The summed E-state index contributed by atoms with van der Waals surface area (Å²) in [5, 5.41) is 0. The fourth-order valence-electron chi connectivity index (χ4n) is 5.21. The fourth-order valence-corrected chi connectivity index (χ4v) is 5.21. The normalized spacial score (nSPS) is 14.0. The van der Waals surface area contributed by atoms with Crippen LogP contribution in [0.5, 0.6) is 0 Å². The molecule has 1 fully saturated rings. The van der Waals surface area contributed by atoms with Crippen molar-refractivity contribution in [1.29, 1.82) is 0 Å². The van der Waals surface area contributed by atoms with Crippen LogP contribution in [0.15, 0.2) is 65.6 Å². The number of anilines is 2. The number of para-hydroxylation sites is 2. The van der Waals surface area contributed by atoms with Gasteiger partial charge in [0.15, 0.2) is 6.73 Å². The third-order valence-corrected chi connectivity index (χ3v) is 7.64. The molecule has 1 saturated heterocycles. The molecule has 42 heavy (non-hydrogen) atoms. The summed E-state index contributed by atoms with van der Waals surface area (Å²) >= 11 is 0. The molecule has 0 saturated carbocycles. The molecule has 5 rings (SSSR count). The topological polar surface area (TPSA) is 94.7 Å². The molecule has 0 N–H and O–H groups in total. The molecular formula is C31H37FN6O4. The molecule has 222 valence electrons.